The Kier molecular flexibility index (Phi) is 6.17. The fraction of sp³-hybridized carbons (Fsp3) is 0.350. The minimum Gasteiger partial charge on any atom is -0.324 e. The van der Waals surface area contributed by atoms with E-state index in [2.05, 4.69) is 0 Å². The van der Waals surface area contributed by atoms with E-state index in [9.17, 15) is 13.8 Å². The molecule has 140 valence electrons. The van der Waals surface area contributed by atoms with Gasteiger partial charge in [-0.25, -0.2) is 4.39 Å². The van der Waals surface area contributed by atoms with Gasteiger partial charge in [0.2, 0.25) is 0 Å². The predicted octanol–water partition coefficient (Wildman–Crippen LogP) is 4.52. The monoisotopic (exact) mass is 378 g/mol. The zero-order valence-corrected chi connectivity index (χ0v) is 16.3. The van der Waals surface area contributed by atoms with E-state index in [-0.39, 0.29) is 11.7 Å². The molecule has 2 aromatic rings. The standard InChI is InChI=1S/C20H24FO4P/c1-12(2)17-9-15(5-6-19(17)21)10-18-13(3)7-16(8-14(18)4)20(22)11-26(23,24)25/h5-9,12H,10-11H2,1-4H3,(H2,23,24,25). The summed E-state index contributed by atoms with van der Waals surface area (Å²) < 4.78 is 24.9. The van der Waals surface area contributed by atoms with Gasteiger partial charge in [0.05, 0.1) is 0 Å². The first-order valence-corrected chi connectivity index (χ1v) is 10.2. The van der Waals surface area contributed by atoms with Crippen molar-refractivity contribution in [1.29, 1.82) is 0 Å². The van der Waals surface area contributed by atoms with Gasteiger partial charge in [0.1, 0.15) is 12.0 Å². The number of halogens is 1. The van der Waals surface area contributed by atoms with E-state index >= 15 is 0 Å². The molecule has 26 heavy (non-hydrogen) atoms. The Labute approximate surface area is 153 Å². The van der Waals surface area contributed by atoms with Crippen molar-refractivity contribution in [3.63, 3.8) is 0 Å². The van der Waals surface area contributed by atoms with Gasteiger partial charge in [0.15, 0.2) is 5.78 Å². The Hall–Kier alpha value is -1.81. The van der Waals surface area contributed by atoms with Gasteiger partial charge in [-0.2, -0.15) is 0 Å². The Balaban J connectivity index is 2.33. The zero-order chi connectivity index (χ0) is 19.6. The zero-order valence-electron chi connectivity index (χ0n) is 15.4. The SMILES string of the molecule is Cc1cc(C(=O)CP(=O)(O)O)cc(C)c1Cc1ccc(F)c(C(C)C)c1. The highest BCUT2D eigenvalue weighted by atomic mass is 31.2. The number of rotatable bonds is 6. The average molecular weight is 378 g/mol. The van der Waals surface area contributed by atoms with Crippen LogP contribution in [0.5, 0.6) is 0 Å². The van der Waals surface area contributed by atoms with Crippen LogP contribution >= 0.6 is 7.60 Å². The van der Waals surface area contributed by atoms with Crippen molar-refractivity contribution in [2.75, 3.05) is 6.16 Å². The van der Waals surface area contributed by atoms with Crippen LogP contribution in [0.1, 0.15) is 57.9 Å². The highest BCUT2D eigenvalue weighted by molar-refractivity contribution is 7.52. The second-order valence-electron chi connectivity index (χ2n) is 7.02. The number of benzene rings is 2. The average Bonchev–Trinajstić information content (AvgIpc) is 2.50. The van der Waals surface area contributed by atoms with Crippen molar-refractivity contribution in [2.24, 2.45) is 0 Å². The molecule has 0 aromatic heterocycles. The third kappa shape index (κ3) is 5.10. The van der Waals surface area contributed by atoms with E-state index in [1.165, 1.54) is 6.07 Å². The largest absolute Gasteiger partial charge is 0.333 e. The van der Waals surface area contributed by atoms with E-state index in [1.807, 2.05) is 33.8 Å². The van der Waals surface area contributed by atoms with Crippen molar-refractivity contribution in [1.82, 2.24) is 0 Å². The summed E-state index contributed by atoms with van der Waals surface area (Å²) in [6.45, 7) is 7.62. The first kappa shape index (κ1) is 20.5. The maximum Gasteiger partial charge on any atom is 0.333 e. The molecule has 0 unspecified atom stereocenters. The number of carbonyl (C=O) groups is 1. The van der Waals surface area contributed by atoms with Gasteiger partial charge < -0.3 is 9.79 Å². The smallest absolute Gasteiger partial charge is 0.324 e. The van der Waals surface area contributed by atoms with E-state index in [0.717, 1.165) is 22.3 Å². The third-order valence-electron chi connectivity index (χ3n) is 4.43. The Bertz CT molecular complexity index is 860. The van der Waals surface area contributed by atoms with Crippen molar-refractivity contribution < 1.29 is 23.5 Å². The molecule has 0 aliphatic carbocycles. The minimum absolute atomic E-state index is 0.0878. The summed E-state index contributed by atoms with van der Waals surface area (Å²) in [7, 11) is -4.39. The Morgan fingerprint density at radius 1 is 1.12 bits per heavy atom. The molecule has 0 atom stereocenters. The van der Waals surface area contributed by atoms with E-state index < -0.39 is 19.5 Å². The van der Waals surface area contributed by atoms with Gasteiger partial charge in [0.25, 0.3) is 0 Å². The molecule has 2 N–H and O–H groups in total. The normalized spacial score (nSPS) is 11.8. The first-order chi connectivity index (χ1) is 12.0. The lowest BCUT2D eigenvalue weighted by atomic mass is 9.91. The highest BCUT2D eigenvalue weighted by Gasteiger charge is 2.21. The molecule has 0 fully saturated rings. The lowest BCUT2D eigenvalue weighted by Gasteiger charge is -2.15. The Morgan fingerprint density at radius 3 is 2.19 bits per heavy atom. The number of ketones is 1. The van der Waals surface area contributed by atoms with Crippen LogP contribution < -0.4 is 0 Å². The van der Waals surface area contributed by atoms with Crippen LogP contribution in [0.2, 0.25) is 0 Å². The molecule has 0 aliphatic rings. The summed E-state index contributed by atoms with van der Waals surface area (Å²) in [6, 6.07) is 8.42. The van der Waals surface area contributed by atoms with Crippen LogP contribution in [0, 0.1) is 19.7 Å². The molecule has 0 spiro atoms. The molecule has 0 radical (unpaired) electrons. The summed E-state index contributed by atoms with van der Waals surface area (Å²) in [5, 5.41) is 0. The van der Waals surface area contributed by atoms with Crippen LogP contribution in [-0.4, -0.2) is 21.7 Å². The molecule has 4 nitrogen and oxygen atoms in total. The summed E-state index contributed by atoms with van der Waals surface area (Å²) >= 11 is 0. The summed E-state index contributed by atoms with van der Waals surface area (Å²) in [5.41, 5.74) is 4.72. The quantitative estimate of drug-likeness (QED) is 0.573. The number of carbonyl (C=O) groups excluding carboxylic acids is 1. The predicted molar refractivity (Wildman–Crippen MR) is 100 cm³/mol. The van der Waals surface area contributed by atoms with E-state index in [1.54, 1.807) is 18.2 Å². The van der Waals surface area contributed by atoms with E-state index in [0.29, 0.717) is 17.5 Å². The van der Waals surface area contributed by atoms with Crippen LogP contribution in [0.4, 0.5) is 4.39 Å². The second kappa shape index (κ2) is 7.83. The van der Waals surface area contributed by atoms with E-state index in [4.69, 9.17) is 9.79 Å². The summed E-state index contributed by atoms with van der Waals surface area (Å²) in [5.74, 6) is -0.694. The van der Waals surface area contributed by atoms with Crippen molar-refractivity contribution in [3.05, 3.63) is 69.5 Å². The number of Topliss-reactive ketones (excluding diaryl/α,β-unsaturated/α-hetero) is 1. The maximum atomic E-state index is 13.9. The van der Waals surface area contributed by atoms with Gasteiger partial charge >= 0.3 is 7.60 Å². The van der Waals surface area contributed by atoms with Gasteiger partial charge in [-0.05, 0) is 72.2 Å². The lowest BCUT2D eigenvalue weighted by molar-refractivity contribution is 0.101. The van der Waals surface area contributed by atoms with Gasteiger partial charge in [-0.1, -0.05) is 26.0 Å². The Morgan fingerprint density at radius 2 is 1.69 bits per heavy atom. The number of hydrogen-bond donors (Lipinski definition) is 2. The van der Waals surface area contributed by atoms with Crippen LogP contribution in [0.15, 0.2) is 30.3 Å². The van der Waals surface area contributed by atoms with Crippen molar-refractivity contribution in [3.8, 4) is 0 Å². The van der Waals surface area contributed by atoms with Crippen LogP contribution in [-0.2, 0) is 11.0 Å². The number of hydrogen-bond acceptors (Lipinski definition) is 2. The highest BCUT2D eigenvalue weighted by Crippen LogP contribution is 2.35. The maximum absolute atomic E-state index is 13.9. The summed E-state index contributed by atoms with van der Waals surface area (Å²) in [4.78, 5) is 30.0. The molecule has 0 saturated carbocycles. The number of aryl methyl sites for hydroxylation is 2. The second-order valence-corrected chi connectivity index (χ2v) is 8.67. The van der Waals surface area contributed by atoms with Gasteiger partial charge in [-0.3, -0.25) is 9.36 Å². The first-order valence-electron chi connectivity index (χ1n) is 8.44. The molecule has 2 aromatic carbocycles. The molecule has 0 heterocycles. The van der Waals surface area contributed by atoms with Gasteiger partial charge in [0, 0.05) is 5.56 Å². The molecule has 2 rings (SSSR count). The molecular weight excluding hydrogens is 354 g/mol. The molecule has 6 heteroatoms. The fourth-order valence-corrected chi connectivity index (χ4v) is 3.62. The topological polar surface area (TPSA) is 74.6 Å². The lowest BCUT2D eigenvalue weighted by Crippen LogP contribution is -2.08. The molecular formula is C20H24FO4P. The van der Waals surface area contributed by atoms with Crippen molar-refractivity contribution >= 4 is 13.4 Å². The summed E-state index contributed by atoms with van der Waals surface area (Å²) in [6.07, 6.45) is -0.189. The minimum atomic E-state index is -4.39. The molecule has 0 aliphatic heterocycles. The van der Waals surface area contributed by atoms with Gasteiger partial charge in [-0.15, -0.1) is 0 Å². The molecule has 0 saturated heterocycles. The van der Waals surface area contributed by atoms with Crippen LogP contribution in [0.25, 0.3) is 0 Å². The fourth-order valence-electron chi connectivity index (χ4n) is 3.06. The van der Waals surface area contributed by atoms with Crippen molar-refractivity contribution in [2.45, 2.75) is 40.0 Å². The molecule has 0 amide bonds. The van der Waals surface area contributed by atoms with Crippen LogP contribution in [0.3, 0.4) is 0 Å². The molecule has 0 bridgehead atoms. The third-order valence-corrected chi connectivity index (χ3v) is 5.13.